The number of aliphatic hydroxyl groups excluding tert-OH is 2. The monoisotopic (exact) mass is 462 g/mol. The van der Waals surface area contributed by atoms with Crippen LogP contribution < -0.4 is 0 Å². The van der Waals surface area contributed by atoms with E-state index in [0.29, 0.717) is 0 Å². The number of ether oxygens (including phenoxy) is 3. The molecule has 1 saturated carbocycles. The number of carbonyl (C=O) groups is 2. The minimum atomic E-state index is -1.26. The van der Waals surface area contributed by atoms with Crippen molar-refractivity contribution in [1.29, 1.82) is 0 Å². The van der Waals surface area contributed by atoms with Crippen molar-refractivity contribution in [3.63, 3.8) is 0 Å². The summed E-state index contributed by atoms with van der Waals surface area (Å²) in [5.74, 6) is -1.36. The number of hydrogen-bond donors (Lipinski definition) is 2. The smallest absolute Gasteiger partial charge is 0.338 e. The third kappa shape index (κ3) is 5.69. The fourth-order valence-electron chi connectivity index (χ4n) is 3.92. The lowest BCUT2D eigenvalue weighted by atomic mass is 9.86. The lowest BCUT2D eigenvalue weighted by Gasteiger charge is -2.42. The first-order valence-corrected chi connectivity index (χ1v) is 11.1. The molecule has 0 aromatic heterocycles. The second kappa shape index (κ2) is 11.1. The zero-order chi connectivity index (χ0) is 23.9. The molecule has 4 rings (SSSR count). The first-order chi connectivity index (χ1) is 16.5. The average Bonchev–Trinajstić information content (AvgIpc) is 2.87. The van der Waals surface area contributed by atoms with E-state index >= 15 is 0 Å². The third-order valence-electron chi connectivity index (χ3n) is 5.68. The van der Waals surface area contributed by atoms with E-state index in [1.807, 2.05) is 30.3 Å². The van der Waals surface area contributed by atoms with Crippen LogP contribution >= 0.6 is 0 Å². The van der Waals surface area contributed by atoms with Crippen LogP contribution in [0.15, 0.2) is 91.0 Å². The van der Waals surface area contributed by atoms with Gasteiger partial charge < -0.3 is 24.4 Å². The summed E-state index contributed by atoms with van der Waals surface area (Å²) in [5, 5.41) is 21.4. The Balaban J connectivity index is 1.59. The lowest BCUT2D eigenvalue weighted by molar-refractivity contribution is -0.198. The van der Waals surface area contributed by atoms with Crippen LogP contribution in [0, 0.1) is 0 Å². The van der Waals surface area contributed by atoms with E-state index in [9.17, 15) is 19.8 Å². The molecule has 0 aliphatic heterocycles. The minimum Gasteiger partial charge on any atom is -0.452 e. The molecule has 176 valence electrons. The molecule has 1 fully saturated rings. The van der Waals surface area contributed by atoms with Gasteiger partial charge in [0.05, 0.1) is 29.9 Å². The third-order valence-corrected chi connectivity index (χ3v) is 5.68. The number of benzene rings is 3. The van der Waals surface area contributed by atoms with Crippen molar-refractivity contribution in [3.8, 4) is 0 Å². The van der Waals surface area contributed by atoms with Crippen molar-refractivity contribution in [3.05, 3.63) is 108 Å². The summed E-state index contributed by atoms with van der Waals surface area (Å²) >= 11 is 0. The highest BCUT2D eigenvalue weighted by Crippen LogP contribution is 2.30. The normalized spacial score (nSPS) is 24.2. The summed E-state index contributed by atoms with van der Waals surface area (Å²) in [6.45, 7) is 0.136. The highest BCUT2D eigenvalue weighted by molar-refractivity contribution is 5.90. The maximum atomic E-state index is 12.9. The lowest BCUT2D eigenvalue weighted by Crippen LogP contribution is -2.59. The quantitative estimate of drug-likeness (QED) is 0.520. The fourth-order valence-corrected chi connectivity index (χ4v) is 3.92. The summed E-state index contributed by atoms with van der Waals surface area (Å²) in [4.78, 5) is 25.6. The van der Waals surface area contributed by atoms with Crippen LogP contribution in [-0.2, 0) is 20.8 Å². The predicted molar refractivity (Wildman–Crippen MR) is 123 cm³/mol. The van der Waals surface area contributed by atoms with Gasteiger partial charge >= 0.3 is 11.9 Å². The summed E-state index contributed by atoms with van der Waals surface area (Å²) in [6.07, 6.45) is -5.99. The summed E-state index contributed by atoms with van der Waals surface area (Å²) in [5.41, 5.74) is 1.43. The van der Waals surface area contributed by atoms with Crippen LogP contribution in [0.5, 0.6) is 0 Å². The van der Waals surface area contributed by atoms with Gasteiger partial charge in [-0.05, 0) is 29.8 Å². The minimum absolute atomic E-state index is 0.106. The van der Waals surface area contributed by atoms with E-state index in [1.54, 1.807) is 60.7 Å². The van der Waals surface area contributed by atoms with Gasteiger partial charge in [-0.15, -0.1) is 0 Å². The van der Waals surface area contributed by atoms with Crippen LogP contribution in [0.4, 0.5) is 0 Å². The topological polar surface area (TPSA) is 102 Å². The van der Waals surface area contributed by atoms with E-state index in [-0.39, 0.29) is 24.2 Å². The van der Waals surface area contributed by atoms with Crippen LogP contribution in [-0.4, -0.2) is 52.7 Å². The van der Waals surface area contributed by atoms with Gasteiger partial charge in [0.15, 0.2) is 12.2 Å². The molecule has 7 nitrogen and oxygen atoms in total. The van der Waals surface area contributed by atoms with E-state index in [0.717, 1.165) is 5.56 Å². The Hall–Kier alpha value is -3.52. The number of rotatable bonds is 7. The summed E-state index contributed by atoms with van der Waals surface area (Å²) < 4.78 is 17.3. The molecule has 0 heterocycles. The molecule has 3 aromatic rings. The Bertz CT molecular complexity index is 1070. The second-order valence-electron chi connectivity index (χ2n) is 8.10. The van der Waals surface area contributed by atoms with Gasteiger partial charge in [0.1, 0.15) is 6.10 Å². The van der Waals surface area contributed by atoms with Crippen molar-refractivity contribution in [1.82, 2.24) is 0 Å². The fraction of sp³-hybridized carbons (Fsp3) is 0.259. The SMILES string of the molecule is O=C(O[C@@H]1[C@@H](OCc2ccccc2)[C@H](O)C[C@H](O)[C@H]1OC(=O)c1ccccc1)c1ccccc1. The Morgan fingerprint density at radius 1 is 0.647 bits per heavy atom. The zero-order valence-corrected chi connectivity index (χ0v) is 18.4. The number of aliphatic hydroxyl groups is 2. The van der Waals surface area contributed by atoms with Crippen molar-refractivity contribution < 1.29 is 34.0 Å². The number of carbonyl (C=O) groups excluding carboxylic acids is 2. The molecule has 7 heteroatoms. The van der Waals surface area contributed by atoms with E-state index in [4.69, 9.17) is 14.2 Å². The molecule has 0 radical (unpaired) electrons. The Kier molecular flexibility index (Phi) is 7.69. The number of hydrogen-bond acceptors (Lipinski definition) is 7. The summed E-state index contributed by atoms with van der Waals surface area (Å²) in [7, 11) is 0. The Morgan fingerprint density at radius 3 is 1.62 bits per heavy atom. The maximum absolute atomic E-state index is 12.9. The van der Waals surface area contributed by atoms with Crippen molar-refractivity contribution in [2.24, 2.45) is 0 Å². The van der Waals surface area contributed by atoms with Gasteiger partial charge in [0.25, 0.3) is 0 Å². The first-order valence-electron chi connectivity index (χ1n) is 11.1. The van der Waals surface area contributed by atoms with Crippen LogP contribution in [0.3, 0.4) is 0 Å². The Labute approximate surface area is 197 Å². The molecule has 2 N–H and O–H groups in total. The molecule has 5 atom stereocenters. The van der Waals surface area contributed by atoms with Gasteiger partial charge in [0, 0.05) is 6.42 Å². The molecule has 34 heavy (non-hydrogen) atoms. The van der Waals surface area contributed by atoms with Gasteiger partial charge in [-0.25, -0.2) is 9.59 Å². The van der Waals surface area contributed by atoms with Crippen molar-refractivity contribution >= 4 is 11.9 Å². The summed E-state index contributed by atoms with van der Waals surface area (Å²) in [6, 6.07) is 26.0. The van der Waals surface area contributed by atoms with Crippen molar-refractivity contribution in [2.45, 2.75) is 43.5 Å². The molecule has 0 spiro atoms. The molecule has 1 aliphatic carbocycles. The van der Waals surface area contributed by atoms with E-state index in [1.165, 1.54) is 0 Å². The number of esters is 2. The Morgan fingerprint density at radius 2 is 1.09 bits per heavy atom. The van der Waals surface area contributed by atoms with Crippen LogP contribution in [0.25, 0.3) is 0 Å². The van der Waals surface area contributed by atoms with Crippen molar-refractivity contribution in [2.75, 3.05) is 0 Å². The van der Waals surface area contributed by atoms with Gasteiger partial charge in [-0.1, -0.05) is 66.7 Å². The van der Waals surface area contributed by atoms with E-state index < -0.39 is 42.5 Å². The van der Waals surface area contributed by atoms with Crippen LogP contribution in [0.2, 0.25) is 0 Å². The molecule has 0 saturated heterocycles. The molecule has 1 aliphatic rings. The predicted octanol–water partition coefficient (Wildman–Crippen LogP) is 3.15. The molecule has 3 aromatic carbocycles. The second-order valence-corrected chi connectivity index (χ2v) is 8.10. The maximum Gasteiger partial charge on any atom is 0.338 e. The molecule has 0 unspecified atom stereocenters. The van der Waals surface area contributed by atoms with Gasteiger partial charge in [-0.3, -0.25) is 0 Å². The highest BCUT2D eigenvalue weighted by atomic mass is 16.6. The first kappa shape index (κ1) is 23.6. The van der Waals surface area contributed by atoms with Gasteiger partial charge in [0.2, 0.25) is 0 Å². The highest BCUT2D eigenvalue weighted by Gasteiger charge is 2.49. The standard InChI is InChI=1S/C27H26O7/c28-21-16-22(29)24(33-26(30)19-12-6-2-7-13-19)25(34-27(31)20-14-8-3-9-15-20)23(21)32-17-18-10-4-1-5-11-18/h1-15,21-25,28-29H,16-17H2/t21-,22+,23+,24-,25-/m1/s1. The average molecular weight is 462 g/mol. The van der Waals surface area contributed by atoms with Gasteiger partial charge in [-0.2, -0.15) is 0 Å². The molecule has 0 bridgehead atoms. The van der Waals surface area contributed by atoms with Crippen LogP contribution in [0.1, 0.15) is 32.7 Å². The zero-order valence-electron chi connectivity index (χ0n) is 18.4. The molecular weight excluding hydrogens is 436 g/mol. The molecule has 0 amide bonds. The van der Waals surface area contributed by atoms with E-state index in [2.05, 4.69) is 0 Å². The molecular formula is C27H26O7. The largest absolute Gasteiger partial charge is 0.452 e.